The van der Waals surface area contributed by atoms with Gasteiger partial charge in [0.15, 0.2) is 0 Å². The number of amides is 1. The predicted molar refractivity (Wildman–Crippen MR) is 77.1 cm³/mol. The maximum absolute atomic E-state index is 13.8. The molecule has 0 aromatic heterocycles. The van der Waals surface area contributed by atoms with Gasteiger partial charge in [0.2, 0.25) is 0 Å². The second kappa shape index (κ2) is 5.95. The van der Waals surface area contributed by atoms with Gasteiger partial charge < -0.3 is 9.64 Å². The van der Waals surface area contributed by atoms with E-state index >= 15 is 0 Å². The highest BCUT2D eigenvalue weighted by Gasteiger charge is 2.23. The summed E-state index contributed by atoms with van der Waals surface area (Å²) in [5.41, 5.74) is 2.51. The standard InChI is InChI=1S/C17H16FNO2/c18-16-8-4-7-14-9-10-19(11-15(14)16)17(20)21-12-13-5-2-1-3-6-13/h1-8H,9-12H2. The zero-order valence-electron chi connectivity index (χ0n) is 11.6. The van der Waals surface area contributed by atoms with Crippen molar-refractivity contribution in [3.63, 3.8) is 0 Å². The molecular weight excluding hydrogens is 269 g/mol. The molecule has 1 aliphatic heterocycles. The van der Waals surface area contributed by atoms with Gasteiger partial charge in [-0.1, -0.05) is 42.5 Å². The molecule has 3 rings (SSSR count). The SMILES string of the molecule is O=C(OCc1ccccc1)N1CCc2cccc(F)c2C1. The highest BCUT2D eigenvalue weighted by atomic mass is 19.1. The van der Waals surface area contributed by atoms with Crippen LogP contribution in [-0.2, 0) is 24.3 Å². The first kappa shape index (κ1) is 13.6. The van der Waals surface area contributed by atoms with Gasteiger partial charge >= 0.3 is 6.09 Å². The Morgan fingerprint density at radius 3 is 2.76 bits per heavy atom. The maximum atomic E-state index is 13.8. The summed E-state index contributed by atoms with van der Waals surface area (Å²) in [6.45, 7) is 1.07. The lowest BCUT2D eigenvalue weighted by atomic mass is 10.00. The second-order valence-electron chi connectivity index (χ2n) is 5.09. The number of benzene rings is 2. The summed E-state index contributed by atoms with van der Waals surface area (Å²) in [6.07, 6.45) is 0.265. The van der Waals surface area contributed by atoms with E-state index in [9.17, 15) is 9.18 Å². The van der Waals surface area contributed by atoms with E-state index in [1.54, 1.807) is 11.0 Å². The molecule has 1 heterocycles. The van der Waals surface area contributed by atoms with Crippen LogP contribution in [0.25, 0.3) is 0 Å². The molecule has 4 heteroatoms. The van der Waals surface area contributed by atoms with E-state index in [0.29, 0.717) is 18.5 Å². The summed E-state index contributed by atoms with van der Waals surface area (Å²) >= 11 is 0. The summed E-state index contributed by atoms with van der Waals surface area (Å²) in [4.78, 5) is 13.6. The van der Waals surface area contributed by atoms with Gasteiger partial charge in [-0.15, -0.1) is 0 Å². The molecule has 0 spiro atoms. The summed E-state index contributed by atoms with van der Waals surface area (Å²) in [5, 5.41) is 0. The van der Waals surface area contributed by atoms with E-state index in [1.807, 2.05) is 36.4 Å². The Hall–Kier alpha value is -2.36. The van der Waals surface area contributed by atoms with Gasteiger partial charge in [0.25, 0.3) is 0 Å². The Bertz CT molecular complexity index is 642. The van der Waals surface area contributed by atoms with Crippen LogP contribution in [-0.4, -0.2) is 17.5 Å². The average Bonchev–Trinajstić information content (AvgIpc) is 2.54. The Morgan fingerprint density at radius 2 is 1.95 bits per heavy atom. The number of rotatable bonds is 2. The van der Waals surface area contributed by atoms with Crippen LogP contribution in [0.4, 0.5) is 9.18 Å². The van der Waals surface area contributed by atoms with Crippen molar-refractivity contribution >= 4 is 6.09 Å². The van der Waals surface area contributed by atoms with Crippen LogP contribution in [0.15, 0.2) is 48.5 Å². The van der Waals surface area contributed by atoms with E-state index in [4.69, 9.17) is 4.74 Å². The van der Waals surface area contributed by atoms with Crippen LogP contribution < -0.4 is 0 Å². The van der Waals surface area contributed by atoms with Crippen molar-refractivity contribution in [2.75, 3.05) is 6.54 Å². The fraction of sp³-hybridized carbons (Fsp3) is 0.235. The van der Waals surface area contributed by atoms with Crippen LogP contribution in [0.5, 0.6) is 0 Å². The van der Waals surface area contributed by atoms with E-state index in [2.05, 4.69) is 0 Å². The number of fused-ring (bicyclic) bond motifs is 1. The number of hydrogen-bond donors (Lipinski definition) is 0. The quantitative estimate of drug-likeness (QED) is 0.845. The molecule has 2 aromatic rings. The van der Waals surface area contributed by atoms with Gasteiger partial charge in [0, 0.05) is 12.1 Å². The minimum atomic E-state index is -0.396. The molecule has 1 aliphatic rings. The summed E-state index contributed by atoms with van der Waals surface area (Å²) in [5.74, 6) is -0.256. The van der Waals surface area contributed by atoms with E-state index in [1.165, 1.54) is 6.07 Å². The molecule has 3 nitrogen and oxygen atoms in total. The number of carbonyl (C=O) groups is 1. The Labute approximate surface area is 123 Å². The second-order valence-corrected chi connectivity index (χ2v) is 5.09. The highest BCUT2D eigenvalue weighted by molar-refractivity contribution is 5.68. The average molecular weight is 285 g/mol. The van der Waals surface area contributed by atoms with Crippen LogP contribution in [0, 0.1) is 5.82 Å². The molecule has 0 N–H and O–H groups in total. The third-order valence-corrected chi connectivity index (χ3v) is 3.68. The van der Waals surface area contributed by atoms with Gasteiger partial charge in [-0.25, -0.2) is 9.18 Å². The van der Waals surface area contributed by atoms with Gasteiger partial charge in [0.05, 0.1) is 6.54 Å². The Balaban J connectivity index is 1.63. The van der Waals surface area contributed by atoms with Crippen LogP contribution in [0.2, 0.25) is 0 Å². The fourth-order valence-electron chi connectivity index (χ4n) is 2.51. The molecule has 108 valence electrons. The summed E-state index contributed by atoms with van der Waals surface area (Å²) in [6, 6.07) is 14.6. The topological polar surface area (TPSA) is 29.5 Å². The zero-order valence-corrected chi connectivity index (χ0v) is 11.6. The van der Waals surface area contributed by atoms with Gasteiger partial charge in [-0.2, -0.15) is 0 Å². The fourth-order valence-corrected chi connectivity index (χ4v) is 2.51. The van der Waals surface area contributed by atoms with E-state index in [-0.39, 0.29) is 19.0 Å². The molecule has 2 aromatic carbocycles. The van der Waals surface area contributed by atoms with Crippen molar-refractivity contribution in [1.29, 1.82) is 0 Å². The minimum absolute atomic E-state index is 0.236. The number of ether oxygens (including phenoxy) is 1. The number of carbonyl (C=O) groups excluding carboxylic acids is 1. The summed E-state index contributed by atoms with van der Waals surface area (Å²) in [7, 11) is 0. The minimum Gasteiger partial charge on any atom is -0.445 e. The smallest absolute Gasteiger partial charge is 0.410 e. The number of halogens is 1. The maximum Gasteiger partial charge on any atom is 0.410 e. The molecule has 0 saturated heterocycles. The van der Waals surface area contributed by atoms with Crippen molar-refractivity contribution in [2.45, 2.75) is 19.6 Å². The molecule has 0 atom stereocenters. The number of hydrogen-bond acceptors (Lipinski definition) is 2. The number of nitrogens with zero attached hydrogens (tertiary/aromatic N) is 1. The van der Waals surface area contributed by atoms with Crippen LogP contribution in [0.1, 0.15) is 16.7 Å². The van der Waals surface area contributed by atoms with Gasteiger partial charge in [-0.05, 0) is 23.6 Å². The molecular formula is C17H16FNO2. The monoisotopic (exact) mass is 285 g/mol. The largest absolute Gasteiger partial charge is 0.445 e. The van der Waals surface area contributed by atoms with E-state index < -0.39 is 6.09 Å². The summed E-state index contributed by atoms with van der Waals surface area (Å²) < 4.78 is 19.1. The predicted octanol–water partition coefficient (Wildman–Crippen LogP) is 3.52. The molecule has 0 unspecified atom stereocenters. The first-order chi connectivity index (χ1) is 10.2. The highest BCUT2D eigenvalue weighted by Crippen LogP contribution is 2.22. The molecule has 0 saturated carbocycles. The normalized spacial score (nSPS) is 13.7. The van der Waals surface area contributed by atoms with Crippen LogP contribution in [0.3, 0.4) is 0 Å². The van der Waals surface area contributed by atoms with Crippen molar-refractivity contribution in [1.82, 2.24) is 4.90 Å². The first-order valence-corrected chi connectivity index (χ1v) is 6.96. The molecule has 21 heavy (non-hydrogen) atoms. The molecule has 0 fully saturated rings. The Morgan fingerprint density at radius 1 is 1.14 bits per heavy atom. The lowest BCUT2D eigenvalue weighted by Crippen LogP contribution is -2.36. The first-order valence-electron chi connectivity index (χ1n) is 6.96. The third-order valence-electron chi connectivity index (χ3n) is 3.68. The van der Waals surface area contributed by atoms with Gasteiger partial charge in [-0.3, -0.25) is 0 Å². The van der Waals surface area contributed by atoms with Gasteiger partial charge in [0.1, 0.15) is 12.4 Å². The van der Waals surface area contributed by atoms with Crippen molar-refractivity contribution in [3.8, 4) is 0 Å². The van der Waals surface area contributed by atoms with Crippen LogP contribution >= 0.6 is 0 Å². The molecule has 0 bridgehead atoms. The van der Waals surface area contributed by atoms with E-state index in [0.717, 1.165) is 11.1 Å². The van der Waals surface area contributed by atoms with Crippen molar-refractivity contribution < 1.29 is 13.9 Å². The third kappa shape index (κ3) is 3.05. The van der Waals surface area contributed by atoms with Crippen molar-refractivity contribution in [2.24, 2.45) is 0 Å². The molecule has 0 aliphatic carbocycles. The van der Waals surface area contributed by atoms with Crippen molar-refractivity contribution in [3.05, 3.63) is 71.0 Å². The lowest BCUT2D eigenvalue weighted by molar-refractivity contribution is 0.0914. The zero-order chi connectivity index (χ0) is 14.7. The molecule has 0 radical (unpaired) electrons. The lowest BCUT2D eigenvalue weighted by Gasteiger charge is -2.28. The molecule has 1 amide bonds. The Kier molecular flexibility index (Phi) is 3.86.